The minimum Gasteiger partial charge on any atom is -0.454 e. The van der Waals surface area contributed by atoms with Crippen LogP contribution in [0.1, 0.15) is 46.8 Å². The van der Waals surface area contributed by atoms with Crippen molar-refractivity contribution < 1.29 is 24.3 Å². The Morgan fingerprint density at radius 1 is 1.19 bits per heavy atom. The van der Waals surface area contributed by atoms with Gasteiger partial charge in [0.1, 0.15) is 5.75 Å². The molecule has 0 radical (unpaired) electrons. The lowest BCUT2D eigenvalue weighted by Gasteiger charge is -2.34. The van der Waals surface area contributed by atoms with Gasteiger partial charge in [0.15, 0.2) is 0 Å². The number of ketones is 1. The average molecular weight is 368 g/mol. The van der Waals surface area contributed by atoms with Gasteiger partial charge in [0.25, 0.3) is 5.79 Å². The van der Waals surface area contributed by atoms with Gasteiger partial charge in [0.2, 0.25) is 11.3 Å². The number of ether oxygens (including phenoxy) is 1. The quantitative estimate of drug-likeness (QED) is 0.723. The summed E-state index contributed by atoms with van der Waals surface area (Å²) in [6.45, 7) is 4.07. The second-order valence-electron chi connectivity index (χ2n) is 7.04. The summed E-state index contributed by atoms with van der Waals surface area (Å²) in [7, 11) is 1.28. The summed E-state index contributed by atoms with van der Waals surface area (Å²) in [6, 6.07) is 11.3. The number of benzene rings is 2. The lowest BCUT2D eigenvalue weighted by Crippen LogP contribution is -2.61. The Morgan fingerprint density at radius 3 is 2.63 bits per heavy atom. The highest BCUT2D eigenvalue weighted by molar-refractivity contribution is 6.12. The van der Waals surface area contributed by atoms with Crippen LogP contribution in [0.25, 0.3) is 0 Å². The largest absolute Gasteiger partial charge is 0.454 e. The summed E-state index contributed by atoms with van der Waals surface area (Å²) in [4.78, 5) is 30.3. The predicted octanol–water partition coefficient (Wildman–Crippen LogP) is 2.30. The van der Waals surface area contributed by atoms with Crippen molar-refractivity contribution in [3.63, 3.8) is 0 Å². The highest BCUT2D eigenvalue weighted by Gasteiger charge is 2.71. The number of nitrogens with one attached hydrogen (secondary N) is 2. The molecule has 1 aliphatic heterocycles. The highest BCUT2D eigenvalue weighted by Crippen LogP contribution is 2.58. The maximum absolute atomic E-state index is 13.4. The molecule has 2 aliphatic rings. The van der Waals surface area contributed by atoms with Crippen molar-refractivity contribution in [3.05, 3.63) is 64.7 Å². The molecule has 7 nitrogen and oxygen atoms in total. The van der Waals surface area contributed by atoms with E-state index in [9.17, 15) is 14.7 Å². The summed E-state index contributed by atoms with van der Waals surface area (Å²) in [5, 5.41) is 14.1. The number of aliphatic hydroxyl groups is 1. The molecule has 0 fully saturated rings. The number of hydrogen-bond donors (Lipinski definition) is 3. The Hall–Kier alpha value is -2.90. The zero-order valence-corrected chi connectivity index (χ0v) is 15.2. The van der Waals surface area contributed by atoms with Crippen LogP contribution >= 0.6 is 0 Å². The Morgan fingerprint density at radius 2 is 1.93 bits per heavy atom. The van der Waals surface area contributed by atoms with Gasteiger partial charge in [-0.25, -0.2) is 10.3 Å². The number of hydrogen-bond acceptors (Lipinski definition) is 5. The molecule has 2 aromatic carbocycles. The van der Waals surface area contributed by atoms with Crippen LogP contribution in [0.3, 0.4) is 0 Å². The van der Waals surface area contributed by atoms with Crippen LogP contribution < -0.4 is 15.5 Å². The third-order valence-electron chi connectivity index (χ3n) is 5.22. The number of carbonyl (C=O) groups is 2. The summed E-state index contributed by atoms with van der Waals surface area (Å²) in [5.41, 5.74) is 2.35. The van der Waals surface area contributed by atoms with Gasteiger partial charge in [0.05, 0.1) is 7.11 Å². The summed E-state index contributed by atoms with van der Waals surface area (Å²) in [5.74, 6) is -1.89. The van der Waals surface area contributed by atoms with E-state index in [-0.39, 0.29) is 5.92 Å². The van der Waals surface area contributed by atoms with E-state index in [4.69, 9.17) is 4.74 Å². The molecule has 1 aliphatic carbocycles. The van der Waals surface area contributed by atoms with Crippen LogP contribution in [0.4, 0.5) is 4.79 Å². The minimum atomic E-state index is -2.05. The molecular weight excluding hydrogens is 348 g/mol. The van der Waals surface area contributed by atoms with Crippen LogP contribution in [-0.4, -0.2) is 24.0 Å². The van der Waals surface area contributed by atoms with E-state index in [2.05, 4.69) is 15.6 Å². The first-order valence-electron chi connectivity index (χ1n) is 8.66. The molecule has 2 amide bonds. The van der Waals surface area contributed by atoms with Crippen LogP contribution in [-0.2, 0) is 16.2 Å². The second kappa shape index (κ2) is 5.80. The monoisotopic (exact) mass is 368 g/mol. The van der Waals surface area contributed by atoms with E-state index in [1.807, 2.05) is 19.9 Å². The maximum atomic E-state index is 13.4. The molecular formula is C20H20N2O5. The first-order valence-corrected chi connectivity index (χ1v) is 8.66. The molecule has 4 rings (SSSR count). The molecule has 140 valence electrons. The molecule has 2 atom stereocenters. The smallest absolute Gasteiger partial charge is 0.339 e. The lowest BCUT2D eigenvalue weighted by molar-refractivity contribution is -0.169. The zero-order chi connectivity index (χ0) is 19.4. The van der Waals surface area contributed by atoms with Crippen molar-refractivity contribution in [2.75, 3.05) is 7.11 Å². The highest BCUT2D eigenvalue weighted by atomic mass is 16.6. The van der Waals surface area contributed by atoms with Gasteiger partial charge >= 0.3 is 6.03 Å². The first kappa shape index (κ1) is 17.5. The minimum absolute atomic E-state index is 0.234. The molecule has 0 spiro atoms. The van der Waals surface area contributed by atoms with E-state index in [0.717, 1.165) is 5.56 Å². The molecule has 0 saturated carbocycles. The molecule has 27 heavy (non-hydrogen) atoms. The van der Waals surface area contributed by atoms with E-state index >= 15 is 0 Å². The van der Waals surface area contributed by atoms with Crippen molar-refractivity contribution in [3.8, 4) is 5.75 Å². The third-order valence-corrected chi connectivity index (χ3v) is 5.22. The van der Waals surface area contributed by atoms with Gasteiger partial charge in [-0.05, 0) is 17.5 Å². The van der Waals surface area contributed by atoms with Crippen LogP contribution in [0, 0.1) is 0 Å². The van der Waals surface area contributed by atoms with Crippen molar-refractivity contribution in [2.45, 2.75) is 31.1 Å². The third kappa shape index (κ3) is 2.15. The number of amides is 2. The van der Waals surface area contributed by atoms with Crippen molar-refractivity contribution in [1.82, 2.24) is 10.8 Å². The first-order chi connectivity index (χ1) is 12.8. The molecule has 1 heterocycles. The summed E-state index contributed by atoms with van der Waals surface area (Å²) < 4.78 is 5.94. The number of rotatable bonds is 3. The number of urea groups is 1. The Balaban J connectivity index is 1.95. The van der Waals surface area contributed by atoms with Gasteiger partial charge in [-0.3, -0.25) is 9.63 Å². The molecule has 7 heteroatoms. The predicted molar refractivity (Wildman–Crippen MR) is 96.2 cm³/mol. The molecule has 0 unspecified atom stereocenters. The molecule has 0 aromatic heterocycles. The van der Waals surface area contributed by atoms with E-state index < -0.39 is 23.1 Å². The average Bonchev–Trinajstić information content (AvgIpc) is 2.99. The fraction of sp³-hybridized carbons (Fsp3) is 0.300. The maximum Gasteiger partial charge on any atom is 0.339 e. The normalized spacial score (nSPS) is 24.9. The van der Waals surface area contributed by atoms with Crippen LogP contribution in [0.2, 0.25) is 0 Å². The van der Waals surface area contributed by atoms with E-state index in [0.29, 0.717) is 22.4 Å². The van der Waals surface area contributed by atoms with Gasteiger partial charge < -0.3 is 15.2 Å². The standard InChI is InChI=1S/C20H20N2O5/c1-11(2)12-8-9-15-16(10-12)27-20(25)14-7-5-4-6-13(14)17(23)19(15,20)21-18(24)22-26-3/h4-11,25H,1-3H3,(H2,21,22,24)/t19-,20-/m0/s1. The van der Waals surface area contributed by atoms with Gasteiger partial charge in [-0.15, -0.1) is 0 Å². The van der Waals surface area contributed by atoms with Crippen molar-refractivity contribution in [1.29, 1.82) is 0 Å². The fourth-order valence-corrected chi connectivity index (χ4v) is 3.92. The topological polar surface area (TPSA) is 96.9 Å². The number of hydroxylamine groups is 1. The Labute approximate surface area is 156 Å². The molecule has 0 bridgehead atoms. The van der Waals surface area contributed by atoms with Crippen LogP contribution in [0.5, 0.6) is 5.75 Å². The number of Topliss-reactive ketones (excluding diaryl/α,β-unsaturated/α-hetero) is 1. The molecule has 3 N–H and O–H groups in total. The van der Waals surface area contributed by atoms with Crippen molar-refractivity contribution >= 4 is 11.8 Å². The summed E-state index contributed by atoms with van der Waals surface area (Å²) >= 11 is 0. The second-order valence-corrected chi connectivity index (χ2v) is 7.04. The van der Waals surface area contributed by atoms with E-state index in [1.54, 1.807) is 36.4 Å². The van der Waals surface area contributed by atoms with Crippen LogP contribution in [0.15, 0.2) is 42.5 Å². The molecule has 0 saturated heterocycles. The van der Waals surface area contributed by atoms with E-state index in [1.165, 1.54) is 7.11 Å². The number of carbonyl (C=O) groups excluding carboxylic acids is 2. The Kier molecular flexibility index (Phi) is 3.76. The van der Waals surface area contributed by atoms with Gasteiger partial charge in [-0.2, -0.15) is 0 Å². The SMILES string of the molecule is CONC(=O)N[C@@]12C(=O)c3ccccc3[C@]1(O)Oc1cc(C(C)C)ccc12. The zero-order valence-electron chi connectivity index (χ0n) is 15.2. The van der Waals surface area contributed by atoms with Gasteiger partial charge in [0, 0.05) is 16.7 Å². The summed E-state index contributed by atoms with van der Waals surface area (Å²) in [6.07, 6.45) is 0. The number of fused-ring (bicyclic) bond motifs is 5. The fourth-order valence-electron chi connectivity index (χ4n) is 3.92. The molecule has 2 aromatic rings. The lowest BCUT2D eigenvalue weighted by atomic mass is 9.82. The van der Waals surface area contributed by atoms with Gasteiger partial charge in [-0.1, -0.05) is 50.2 Å². The van der Waals surface area contributed by atoms with Crippen molar-refractivity contribution in [2.24, 2.45) is 0 Å². The Bertz CT molecular complexity index is 957.